The van der Waals surface area contributed by atoms with Gasteiger partial charge >= 0.3 is 0 Å². The zero-order valence-electron chi connectivity index (χ0n) is 14.7. The first-order valence-corrected chi connectivity index (χ1v) is 8.58. The van der Waals surface area contributed by atoms with Crippen molar-refractivity contribution in [2.24, 2.45) is 0 Å². The Morgan fingerprint density at radius 3 is 2.31 bits per heavy atom. The summed E-state index contributed by atoms with van der Waals surface area (Å²) in [6.45, 7) is 4.11. The number of carbonyl (C=O) groups is 2. The van der Waals surface area contributed by atoms with Crippen LogP contribution in [0.25, 0.3) is 0 Å². The van der Waals surface area contributed by atoms with Gasteiger partial charge in [-0.05, 0) is 24.6 Å². The van der Waals surface area contributed by atoms with E-state index in [1.54, 1.807) is 12.1 Å². The predicted molar refractivity (Wildman–Crippen MR) is 104 cm³/mol. The van der Waals surface area contributed by atoms with Crippen molar-refractivity contribution in [1.29, 1.82) is 0 Å². The lowest BCUT2D eigenvalue weighted by atomic mass is 10.0. The van der Waals surface area contributed by atoms with E-state index in [9.17, 15) is 9.59 Å². The van der Waals surface area contributed by atoms with Gasteiger partial charge in [0.25, 0.3) is 5.91 Å². The molecule has 1 aliphatic rings. The third-order valence-electron chi connectivity index (χ3n) is 4.37. The Hall–Kier alpha value is -2.37. The van der Waals surface area contributed by atoms with E-state index in [0.29, 0.717) is 18.7 Å². The Balaban J connectivity index is 0.00000243. The van der Waals surface area contributed by atoms with Crippen LogP contribution in [0.2, 0.25) is 0 Å². The molecule has 5 nitrogen and oxygen atoms in total. The standard InChI is InChI=1S/C20H23N3O2.ClH/c1-15-14-23(13-12-21-15)20(25)18(16-8-4-2-5-9-16)22-19(24)17-10-6-3-7-11-17;/h2-11,15,18,21H,12-14H2,1H3,(H,22,24);1H. The number of halogens is 1. The van der Waals surface area contributed by atoms with Gasteiger partial charge in [0.1, 0.15) is 6.04 Å². The molecule has 0 aliphatic carbocycles. The van der Waals surface area contributed by atoms with E-state index in [0.717, 1.165) is 12.1 Å². The Morgan fingerprint density at radius 2 is 1.69 bits per heavy atom. The number of hydrogen-bond acceptors (Lipinski definition) is 3. The van der Waals surface area contributed by atoms with Crippen LogP contribution < -0.4 is 10.6 Å². The normalized spacial score (nSPS) is 17.7. The third kappa shape index (κ3) is 4.84. The van der Waals surface area contributed by atoms with Gasteiger partial charge in [0.05, 0.1) is 0 Å². The molecule has 26 heavy (non-hydrogen) atoms. The maximum Gasteiger partial charge on any atom is 0.252 e. The Bertz CT molecular complexity index is 724. The lowest BCUT2D eigenvalue weighted by Crippen LogP contribution is -2.54. The lowest BCUT2D eigenvalue weighted by molar-refractivity contribution is -0.134. The number of hydrogen-bond donors (Lipinski definition) is 2. The van der Waals surface area contributed by atoms with Crippen molar-refractivity contribution in [1.82, 2.24) is 15.5 Å². The largest absolute Gasteiger partial charge is 0.338 e. The number of carbonyl (C=O) groups excluding carboxylic acids is 2. The molecule has 1 fully saturated rings. The van der Waals surface area contributed by atoms with E-state index in [1.807, 2.05) is 53.4 Å². The van der Waals surface area contributed by atoms with E-state index in [4.69, 9.17) is 0 Å². The van der Waals surface area contributed by atoms with Crippen molar-refractivity contribution in [3.63, 3.8) is 0 Å². The molecule has 0 bridgehead atoms. The van der Waals surface area contributed by atoms with E-state index < -0.39 is 6.04 Å². The lowest BCUT2D eigenvalue weighted by Gasteiger charge is -2.34. The smallest absolute Gasteiger partial charge is 0.252 e. The first-order chi connectivity index (χ1) is 12.1. The summed E-state index contributed by atoms with van der Waals surface area (Å²) in [4.78, 5) is 27.5. The zero-order chi connectivity index (χ0) is 17.6. The van der Waals surface area contributed by atoms with Crippen molar-refractivity contribution in [3.8, 4) is 0 Å². The molecule has 1 heterocycles. The van der Waals surface area contributed by atoms with Crippen LogP contribution in [0.5, 0.6) is 0 Å². The van der Waals surface area contributed by atoms with Crippen molar-refractivity contribution >= 4 is 24.2 Å². The number of amides is 2. The molecule has 2 aromatic rings. The van der Waals surface area contributed by atoms with Gasteiger partial charge in [-0.2, -0.15) is 0 Å². The van der Waals surface area contributed by atoms with Crippen LogP contribution in [0, 0.1) is 0 Å². The van der Waals surface area contributed by atoms with Crippen LogP contribution in [0.1, 0.15) is 28.9 Å². The number of rotatable bonds is 4. The molecule has 2 amide bonds. The van der Waals surface area contributed by atoms with Gasteiger partial charge < -0.3 is 15.5 Å². The summed E-state index contributed by atoms with van der Waals surface area (Å²) in [6.07, 6.45) is 0. The Kier molecular flexibility index (Phi) is 7.18. The second kappa shape index (κ2) is 9.36. The molecule has 0 saturated carbocycles. The highest BCUT2D eigenvalue weighted by molar-refractivity contribution is 5.97. The topological polar surface area (TPSA) is 61.4 Å². The third-order valence-corrected chi connectivity index (χ3v) is 4.37. The Labute approximate surface area is 160 Å². The highest BCUT2D eigenvalue weighted by Crippen LogP contribution is 2.18. The van der Waals surface area contributed by atoms with Crippen LogP contribution in [0.3, 0.4) is 0 Å². The van der Waals surface area contributed by atoms with Crippen molar-refractivity contribution in [3.05, 3.63) is 71.8 Å². The predicted octanol–water partition coefficient (Wildman–Crippen LogP) is 2.40. The molecular weight excluding hydrogens is 350 g/mol. The van der Waals surface area contributed by atoms with E-state index in [-0.39, 0.29) is 30.3 Å². The number of benzene rings is 2. The molecule has 0 spiro atoms. The van der Waals surface area contributed by atoms with Crippen LogP contribution in [0.4, 0.5) is 0 Å². The summed E-state index contributed by atoms with van der Waals surface area (Å²) < 4.78 is 0. The average molecular weight is 374 g/mol. The zero-order valence-corrected chi connectivity index (χ0v) is 15.5. The summed E-state index contributed by atoms with van der Waals surface area (Å²) in [5.41, 5.74) is 1.34. The van der Waals surface area contributed by atoms with Gasteiger partial charge in [-0.1, -0.05) is 48.5 Å². The van der Waals surface area contributed by atoms with Crippen LogP contribution in [-0.4, -0.2) is 42.4 Å². The summed E-state index contributed by atoms with van der Waals surface area (Å²) in [6, 6.07) is 17.9. The van der Waals surface area contributed by atoms with Gasteiger partial charge in [0.2, 0.25) is 5.91 Å². The first kappa shape index (κ1) is 19.9. The van der Waals surface area contributed by atoms with Crippen molar-refractivity contribution in [2.75, 3.05) is 19.6 Å². The molecule has 2 unspecified atom stereocenters. The molecule has 2 atom stereocenters. The minimum absolute atomic E-state index is 0. The van der Waals surface area contributed by atoms with Gasteiger partial charge in [-0.3, -0.25) is 9.59 Å². The Morgan fingerprint density at radius 1 is 1.08 bits per heavy atom. The number of piperazine rings is 1. The molecule has 2 N–H and O–H groups in total. The highest BCUT2D eigenvalue weighted by atomic mass is 35.5. The van der Waals surface area contributed by atoms with E-state index in [2.05, 4.69) is 17.6 Å². The summed E-state index contributed by atoms with van der Waals surface area (Å²) in [7, 11) is 0. The van der Waals surface area contributed by atoms with E-state index >= 15 is 0 Å². The van der Waals surface area contributed by atoms with Crippen LogP contribution in [-0.2, 0) is 4.79 Å². The van der Waals surface area contributed by atoms with Crippen LogP contribution >= 0.6 is 12.4 Å². The second-order valence-corrected chi connectivity index (χ2v) is 6.32. The van der Waals surface area contributed by atoms with Crippen LogP contribution in [0.15, 0.2) is 60.7 Å². The first-order valence-electron chi connectivity index (χ1n) is 8.58. The molecular formula is C20H24ClN3O2. The monoisotopic (exact) mass is 373 g/mol. The number of nitrogens with one attached hydrogen (secondary N) is 2. The minimum Gasteiger partial charge on any atom is -0.338 e. The average Bonchev–Trinajstić information content (AvgIpc) is 2.67. The van der Waals surface area contributed by atoms with Crippen molar-refractivity contribution in [2.45, 2.75) is 19.0 Å². The van der Waals surface area contributed by atoms with Gasteiger partial charge in [-0.15, -0.1) is 12.4 Å². The maximum atomic E-state index is 13.1. The van der Waals surface area contributed by atoms with Gasteiger partial charge in [-0.25, -0.2) is 0 Å². The molecule has 2 aromatic carbocycles. The maximum absolute atomic E-state index is 13.1. The fourth-order valence-corrected chi connectivity index (χ4v) is 3.05. The summed E-state index contributed by atoms with van der Waals surface area (Å²) in [5, 5.41) is 6.24. The SMILES string of the molecule is CC1CN(C(=O)C(NC(=O)c2ccccc2)c2ccccc2)CCN1.Cl. The molecule has 0 aromatic heterocycles. The second-order valence-electron chi connectivity index (χ2n) is 6.32. The molecule has 1 aliphatic heterocycles. The molecule has 3 rings (SSSR count). The molecule has 138 valence electrons. The number of nitrogens with zero attached hydrogens (tertiary/aromatic N) is 1. The van der Waals surface area contributed by atoms with Gasteiger partial charge in [0.15, 0.2) is 0 Å². The quantitative estimate of drug-likeness (QED) is 0.865. The summed E-state index contributed by atoms with van der Waals surface area (Å²) in [5.74, 6) is -0.310. The fraction of sp³-hybridized carbons (Fsp3) is 0.300. The summed E-state index contributed by atoms with van der Waals surface area (Å²) >= 11 is 0. The van der Waals surface area contributed by atoms with Gasteiger partial charge in [0, 0.05) is 31.2 Å². The highest BCUT2D eigenvalue weighted by Gasteiger charge is 2.30. The van der Waals surface area contributed by atoms with Crippen molar-refractivity contribution < 1.29 is 9.59 Å². The fourth-order valence-electron chi connectivity index (χ4n) is 3.05. The molecule has 1 saturated heterocycles. The van der Waals surface area contributed by atoms with E-state index in [1.165, 1.54) is 0 Å². The minimum atomic E-state index is -0.681. The molecule has 6 heteroatoms. The molecule has 0 radical (unpaired) electrons.